The summed E-state index contributed by atoms with van der Waals surface area (Å²) in [5.41, 5.74) is 1.30. The number of para-hydroxylation sites is 1. The van der Waals surface area contributed by atoms with Gasteiger partial charge in [-0.3, -0.25) is 14.2 Å². The summed E-state index contributed by atoms with van der Waals surface area (Å²) >= 11 is 0. The summed E-state index contributed by atoms with van der Waals surface area (Å²) in [4.78, 5) is 29.2. The molecule has 0 aliphatic carbocycles. The molecule has 2 aromatic carbocycles. The minimum atomic E-state index is -2.98. The van der Waals surface area contributed by atoms with Crippen molar-refractivity contribution in [2.75, 3.05) is 13.7 Å². The molecule has 2 heterocycles. The molecule has 32 heavy (non-hydrogen) atoms. The van der Waals surface area contributed by atoms with Gasteiger partial charge in [-0.25, -0.2) is 4.98 Å². The van der Waals surface area contributed by atoms with Gasteiger partial charge in [0.1, 0.15) is 17.6 Å². The Bertz CT molecular complexity index is 1330. The van der Waals surface area contributed by atoms with Crippen LogP contribution < -0.4 is 20.3 Å². The lowest BCUT2D eigenvalue weighted by molar-refractivity contribution is -0.121. The Kier molecular flexibility index (Phi) is 6.02. The predicted octanol–water partition coefficient (Wildman–Crippen LogP) is 3.11. The number of ether oxygens (including phenoxy) is 2. The highest BCUT2D eigenvalue weighted by atomic mass is 19.3. The van der Waals surface area contributed by atoms with Crippen LogP contribution in [0.4, 0.5) is 8.78 Å². The van der Waals surface area contributed by atoms with Crippen molar-refractivity contribution in [2.24, 2.45) is 0 Å². The maximum atomic E-state index is 12.7. The Morgan fingerprint density at radius 3 is 2.81 bits per heavy atom. The van der Waals surface area contributed by atoms with Crippen LogP contribution in [0.25, 0.3) is 22.1 Å². The number of hydrogen-bond acceptors (Lipinski definition) is 6. The van der Waals surface area contributed by atoms with E-state index in [1.54, 1.807) is 18.2 Å². The first-order chi connectivity index (χ1) is 15.5. The minimum Gasteiger partial charge on any atom is -0.493 e. The topological polar surface area (TPSA) is 95.6 Å². The number of nitrogens with one attached hydrogen (secondary N) is 1. The van der Waals surface area contributed by atoms with Gasteiger partial charge in [-0.1, -0.05) is 18.2 Å². The zero-order valence-corrected chi connectivity index (χ0v) is 17.0. The van der Waals surface area contributed by atoms with Gasteiger partial charge in [-0.05, 0) is 36.2 Å². The molecule has 0 atom stereocenters. The van der Waals surface area contributed by atoms with Crippen LogP contribution in [0.2, 0.25) is 0 Å². The van der Waals surface area contributed by atoms with Crippen LogP contribution in [0.3, 0.4) is 0 Å². The van der Waals surface area contributed by atoms with Gasteiger partial charge in [0.15, 0.2) is 11.5 Å². The van der Waals surface area contributed by atoms with Gasteiger partial charge in [0, 0.05) is 11.9 Å². The molecule has 0 bridgehead atoms. The van der Waals surface area contributed by atoms with E-state index in [1.807, 2.05) is 12.1 Å². The number of fused-ring (bicyclic) bond motifs is 3. The number of carbonyl (C=O) groups excluding carboxylic acids is 1. The van der Waals surface area contributed by atoms with Gasteiger partial charge in [0.05, 0.1) is 13.4 Å². The zero-order valence-electron chi connectivity index (χ0n) is 17.0. The number of carbonyl (C=O) groups is 1. The fourth-order valence-electron chi connectivity index (χ4n) is 3.35. The highest BCUT2D eigenvalue weighted by Gasteiger charge is 2.15. The normalized spacial score (nSPS) is 11.2. The lowest BCUT2D eigenvalue weighted by Crippen LogP contribution is -2.33. The fourth-order valence-corrected chi connectivity index (χ4v) is 3.35. The third-order valence-electron chi connectivity index (χ3n) is 4.84. The Morgan fingerprint density at radius 1 is 1.22 bits per heavy atom. The maximum Gasteiger partial charge on any atom is 0.387 e. The van der Waals surface area contributed by atoms with Gasteiger partial charge in [-0.15, -0.1) is 0 Å². The molecule has 1 N–H and O–H groups in total. The van der Waals surface area contributed by atoms with E-state index in [1.165, 1.54) is 30.1 Å². The maximum absolute atomic E-state index is 12.7. The molecule has 0 saturated heterocycles. The number of alkyl halides is 2. The number of hydrogen-bond donors (Lipinski definition) is 1. The van der Waals surface area contributed by atoms with Crippen molar-refractivity contribution in [3.63, 3.8) is 0 Å². The van der Waals surface area contributed by atoms with E-state index in [-0.39, 0.29) is 30.2 Å². The number of nitrogens with zero attached hydrogens (tertiary/aromatic N) is 2. The Balaban J connectivity index is 1.40. The van der Waals surface area contributed by atoms with Crippen LogP contribution >= 0.6 is 0 Å². The number of amides is 1. The smallest absolute Gasteiger partial charge is 0.387 e. The van der Waals surface area contributed by atoms with Crippen molar-refractivity contribution in [3.05, 3.63) is 64.7 Å². The summed E-state index contributed by atoms with van der Waals surface area (Å²) in [6.45, 7) is -2.98. The molecule has 8 nitrogen and oxygen atoms in total. The van der Waals surface area contributed by atoms with Gasteiger partial charge in [0.2, 0.25) is 11.5 Å². The molecule has 10 heteroatoms. The molecular weight excluding hydrogens is 424 g/mol. The van der Waals surface area contributed by atoms with Gasteiger partial charge in [0.25, 0.3) is 5.56 Å². The van der Waals surface area contributed by atoms with E-state index >= 15 is 0 Å². The highest BCUT2D eigenvalue weighted by Crippen LogP contribution is 2.29. The molecule has 0 aliphatic rings. The van der Waals surface area contributed by atoms with Crippen molar-refractivity contribution < 1.29 is 27.5 Å². The van der Waals surface area contributed by atoms with Gasteiger partial charge < -0.3 is 19.2 Å². The van der Waals surface area contributed by atoms with Crippen molar-refractivity contribution in [1.82, 2.24) is 14.9 Å². The van der Waals surface area contributed by atoms with Crippen LogP contribution in [0.15, 0.2) is 58.0 Å². The van der Waals surface area contributed by atoms with Crippen LogP contribution in [0.5, 0.6) is 11.5 Å². The molecule has 0 fully saturated rings. The first kappa shape index (κ1) is 21.3. The molecule has 1 amide bonds. The summed E-state index contributed by atoms with van der Waals surface area (Å²) in [5, 5.41) is 3.42. The molecule has 0 spiro atoms. The number of rotatable bonds is 8. The second-order valence-corrected chi connectivity index (χ2v) is 6.92. The lowest BCUT2D eigenvalue weighted by atomic mass is 10.1. The summed E-state index contributed by atoms with van der Waals surface area (Å²) < 4.78 is 41.3. The highest BCUT2D eigenvalue weighted by molar-refractivity contribution is 6.01. The van der Waals surface area contributed by atoms with Crippen molar-refractivity contribution in [1.29, 1.82) is 0 Å². The SMILES string of the molecule is COc1ccc(CCNC(=O)Cn2cnc3c(oc4ccccc43)c2=O)cc1OC(F)F. The second kappa shape index (κ2) is 9.04. The van der Waals surface area contributed by atoms with Crippen LogP contribution in [-0.4, -0.2) is 35.7 Å². The molecule has 2 aromatic heterocycles. The largest absolute Gasteiger partial charge is 0.493 e. The van der Waals surface area contributed by atoms with Crippen molar-refractivity contribution >= 4 is 28.0 Å². The summed E-state index contributed by atoms with van der Waals surface area (Å²) in [7, 11) is 1.35. The summed E-state index contributed by atoms with van der Waals surface area (Å²) in [6, 6.07) is 11.8. The van der Waals surface area contributed by atoms with E-state index in [4.69, 9.17) is 9.15 Å². The Labute approximate surface area is 180 Å². The fraction of sp³-hybridized carbons (Fsp3) is 0.227. The van der Waals surface area contributed by atoms with Gasteiger partial charge >= 0.3 is 6.61 Å². The first-order valence-corrected chi connectivity index (χ1v) is 9.71. The third kappa shape index (κ3) is 4.39. The summed E-state index contributed by atoms with van der Waals surface area (Å²) in [6.07, 6.45) is 1.68. The Hall–Kier alpha value is -3.95. The van der Waals surface area contributed by atoms with Crippen LogP contribution in [-0.2, 0) is 17.8 Å². The molecule has 0 aliphatic heterocycles. The molecule has 4 rings (SSSR count). The van der Waals surface area contributed by atoms with E-state index < -0.39 is 18.1 Å². The van der Waals surface area contributed by atoms with Crippen LogP contribution in [0, 0.1) is 0 Å². The standard InChI is InChI=1S/C22H19F2N3O5/c1-30-16-7-6-13(10-17(16)32-22(23)24)8-9-25-18(28)11-27-12-26-19-14-4-2-3-5-15(14)31-20(19)21(27)29/h2-7,10,12,22H,8-9,11H2,1H3,(H,25,28). The van der Waals surface area contributed by atoms with Crippen LogP contribution in [0.1, 0.15) is 5.56 Å². The van der Waals surface area contributed by atoms with Crippen molar-refractivity contribution in [3.8, 4) is 11.5 Å². The Morgan fingerprint density at radius 2 is 2.03 bits per heavy atom. The average Bonchev–Trinajstić information content (AvgIpc) is 3.15. The molecule has 0 radical (unpaired) electrons. The number of halogens is 2. The third-order valence-corrected chi connectivity index (χ3v) is 4.84. The molecule has 0 saturated carbocycles. The van der Waals surface area contributed by atoms with E-state index in [0.29, 0.717) is 23.1 Å². The second-order valence-electron chi connectivity index (χ2n) is 6.92. The van der Waals surface area contributed by atoms with E-state index in [9.17, 15) is 18.4 Å². The minimum absolute atomic E-state index is 0.0805. The van der Waals surface area contributed by atoms with Crippen molar-refractivity contribution in [2.45, 2.75) is 19.6 Å². The predicted molar refractivity (Wildman–Crippen MR) is 112 cm³/mol. The number of furan rings is 1. The molecule has 166 valence electrons. The quantitative estimate of drug-likeness (QED) is 0.450. The average molecular weight is 443 g/mol. The molecule has 0 unspecified atom stereocenters. The van der Waals surface area contributed by atoms with E-state index in [2.05, 4.69) is 15.0 Å². The number of benzene rings is 2. The monoisotopic (exact) mass is 443 g/mol. The first-order valence-electron chi connectivity index (χ1n) is 9.71. The van der Waals surface area contributed by atoms with E-state index in [0.717, 1.165) is 5.39 Å². The molecule has 4 aromatic rings. The summed E-state index contributed by atoms with van der Waals surface area (Å²) in [5.74, 6) is -0.295. The lowest BCUT2D eigenvalue weighted by Gasteiger charge is -2.12. The number of aromatic nitrogens is 2. The number of methoxy groups -OCH3 is 1. The van der Waals surface area contributed by atoms with Gasteiger partial charge in [-0.2, -0.15) is 8.78 Å². The zero-order chi connectivity index (χ0) is 22.7. The molecular formula is C22H19F2N3O5.